The lowest BCUT2D eigenvalue weighted by Gasteiger charge is -2.19. The van der Waals surface area contributed by atoms with E-state index in [9.17, 15) is 0 Å². The van der Waals surface area contributed by atoms with Gasteiger partial charge in [0, 0.05) is 6.04 Å². The molecule has 0 spiro atoms. The monoisotopic (exact) mass is 241 g/mol. The van der Waals surface area contributed by atoms with Crippen molar-refractivity contribution in [2.75, 3.05) is 18.1 Å². The molecule has 94 valence electrons. The summed E-state index contributed by atoms with van der Waals surface area (Å²) in [6, 6.07) is 0.835. The molecule has 16 heavy (non-hydrogen) atoms. The maximum Gasteiger partial charge on any atom is 0.00672 e. The Bertz CT molecular complexity index is 189. The van der Waals surface area contributed by atoms with Gasteiger partial charge in [0.1, 0.15) is 0 Å². The third-order valence-electron chi connectivity index (χ3n) is 4.38. The highest BCUT2D eigenvalue weighted by molar-refractivity contribution is 7.99. The van der Waals surface area contributed by atoms with E-state index in [0.29, 0.717) is 0 Å². The van der Waals surface area contributed by atoms with Crippen LogP contribution < -0.4 is 5.32 Å². The second kappa shape index (κ2) is 6.90. The lowest BCUT2D eigenvalue weighted by atomic mass is 9.98. The Labute approximate surface area is 105 Å². The first-order chi connectivity index (χ1) is 7.88. The molecule has 1 aliphatic carbocycles. The molecule has 3 unspecified atom stereocenters. The smallest absolute Gasteiger partial charge is 0.00672 e. The minimum Gasteiger partial charge on any atom is -0.314 e. The van der Waals surface area contributed by atoms with Crippen LogP contribution in [-0.4, -0.2) is 24.1 Å². The number of hydrogen-bond acceptors (Lipinski definition) is 2. The van der Waals surface area contributed by atoms with Crippen LogP contribution in [0.15, 0.2) is 0 Å². The van der Waals surface area contributed by atoms with Crippen LogP contribution in [0.3, 0.4) is 0 Å². The predicted molar refractivity (Wildman–Crippen MR) is 74.1 cm³/mol. The highest BCUT2D eigenvalue weighted by Crippen LogP contribution is 2.26. The molecule has 3 atom stereocenters. The molecule has 2 rings (SSSR count). The van der Waals surface area contributed by atoms with E-state index in [4.69, 9.17) is 0 Å². The van der Waals surface area contributed by atoms with E-state index < -0.39 is 0 Å². The lowest BCUT2D eigenvalue weighted by Crippen LogP contribution is -2.33. The van der Waals surface area contributed by atoms with E-state index in [1.807, 2.05) is 0 Å². The average Bonchev–Trinajstić information content (AvgIpc) is 2.72. The van der Waals surface area contributed by atoms with Gasteiger partial charge in [-0.15, -0.1) is 0 Å². The van der Waals surface area contributed by atoms with Crippen LogP contribution in [-0.2, 0) is 0 Å². The summed E-state index contributed by atoms with van der Waals surface area (Å²) in [6.45, 7) is 3.64. The van der Waals surface area contributed by atoms with Crippen LogP contribution in [0.5, 0.6) is 0 Å². The fraction of sp³-hybridized carbons (Fsp3) is 1.00. The number of hydrogen-bond donors (Lipinski definition) is 1. The molecule has 2 aliphatic rings. The standard InChI is InChI=1S/C14H27NS/c1-2-12-4-3-5-14(7-6-12)15-10-13-8-9-16-11-13/h12-15H,2-11H2,1H3. The van der Waals surface area contributed by atoms with E-state index in [1.165, 1.54) is 63.0 Å². The highest BCUT2D eigenvalue weighted by Gasteiger charge is 2.20. The summed E-state index contributed by atoms with van der Waals surface area (Å²) >= 11 is 2.14. The summed E-state index contributed by atoms with van der Waals surface area (Å²) < 4.78 is 0. The van der Waals surface area contributed by atoms with Gasteiger partial charge in [0.15, 0.2) is 0 Å². The molecule has 0 aromatic heterocycles. The van der Waals surface area contributed by atoms with Crippen LogP contribution in [0, 0.1) is 11.8 Å². The van der Waals surface area contributed by atoms with E-state index in [-0.39, 0.29) is 0 Å². The van der Waals surface area contributed by atoms with Gasteiger partial charge in [-0.1, -0.05) is 26.2 Å². The van der Waals surface area contributed by atoms with Gasteiger partial charge in [0.05, 0.1) is 0 Å². The number of rotatable bonds is 4. The first kappa shape index (κ1) is 12.8. The highest BCUT2D eigenvalue weighted by atomic mass is 32.2. The maximum atomic E-state index is 3.83. The third kappa shape index (κ3) is 3.96. The van der Waals surface area contributed by atoms with Crippen LogP contribution in [0.1, 0.15) is 51.9 Å². The molecule has 0 radical (unpaired) electrons. The summed E-state index contributed by atoms with van der Waals surface area (Å²) in [5.41, 5.74) is 0. The van der Waals surface area contributed by atoms with Crippen molar-refractivity contribution in [1.29, 1.82) is 0 Å². The fourth-order valence-corrected chi connectivity index (χ4v) is 4.35. The Kier molecular flexibility index (Phi) is 5.51. The summed E-state index contributed by atoms with van der Waals surface area (Å²) in [4.78, 5) is 0. The molecule has 1 N–H and O–H groups in total. The SMILES string of the molecule is CCC1CCCC(NCC2CCSC2)CC1. The van der Waals surface area contributed by atoms with E-state index in [0.717, 1.165) is 17.9 Å². The van der Waals surface area contributed by atoms with Crippen molar-refractivity contribution in [1.82, 2.24) is 5.32 Å². The van der Waals surface area contributed by atoms with Crippen molar-refractivity contribution < 1.29 is 0 Å². The van der Waals surface area contributed by atoms with Gasteiger partial charge in [0.2, 0.25) is 0 Å². The van der Waals surface area contributed by atoms with Crippen LogP contribution >= 0.6 is 11.8 Å². The zero-order valence-electron chi connectivity index (χ0n) is 10.7. The molecule has 1 aliphatic heterocycles. The first-order valence-electron chi connectivity index (χ1n) is 7.19. The van der Waals surface area contributed by atoms with Crippen LogP contribution in [0.25, 0.3) is 0 Å². The van der Waals surface area contributed by atoms with Gasteiger partial charge < -0.3 is 5.32 Å². The topological polar surface area (TPSA) is 12.0 Å². The maximum absolute atomic E-state index is 3.83. The van der Waals surface area contributed by atoms with Gasteiger partial charge in [-0.25, -0.2) is 0 Å². The molecule has 1 saturated heterocycles. The van der Waals surface area contributed by atoms with Crippen LogP contribution in [0.2, 0.25) is 0 Å². The second-order valence-corrected chi connectivity index (χ2v) is 6.77. The van der Waals surface area contributed by atoms with Crippen molar-refractivity contribution in [3.05, 3.63) is 0 Å². The zero-order valence-corrected chi connectivity index (χ0v) is 11.5. The van der Waals surface area contributed by atoms with E-state index in [1.54, 1.807) is 0 Å². The summed E-state index contributed by atoms with van der Waals surface area (Å²) in [6.07, 6.45) is 10.1. The Balaban J connectivity index is 1.65. The molecule has 1 heterocycles. The average molecular weight is 241 g/mol. The normalized spacial score (nSPS) is 36.2. The fourth-order valence-electron chi connectivity index (χ4n) is 3.07. The van der Waals surface area contributed by atoms with Gasteiger partial charge in [0.25, 0.3) is 0 Å². The summed E-state index contributed by atoms with van der Waals surface area (Å²) in [5, 5.41) is 3.83. The molecule has 2 fully saturated rings. The number of thioether (sulfide) groups is 1. The van der Waals surface area contributed by atoms with Crippen molar-refractivity contribution in [2.24, 2.45) is 11.8 Å². The van der Waals surface area contributed by atoms with E-state index in [2.05, 4.69) is 24.0 Å². The lowest BCUT2D eigenvalue weighted by molar-refractivity contribution is 0.403. The predicted octanol–water partition coefficient (Wildman–Crippen LogP) is 3.69. The molecule has 0 aromatic rings. The largest absolute Gasteiger partial charge is 0.314 e. The summed E-state index contributed by atoms with van der Waals surface area (Å²) in [7, 11) is 0. The quantitative estimate of drug-likeness (QED) is 0.753. The Morgan fingerprint density at radius 1 is 1.06 bits per heavy atom. The molecule has 1 nitrogen and oxygen atoms in total. The molecule has 0 amide bonds. The van der Waals surface area contributed by atoms with E-state index >= 15 is 0 Å². The molecule has 1 saturated carbocycles. The number of nitrogens with one attached hydrogen (secondary N) is 1. The van der Waals surface area contributed by atoms with Gasteiger partial charge in [-0.3, -0.25) is 0 Å². The minimum absolute atomic E-state index is 0.835. The minimum atomic E-state index is 0.835. The van der Waals surface area contributed by atoms with Crippen molar-refractivity contribution in [2.45, 2.75) is 57.9 Å². The third-order valence-corrected chi connectivity index (χ3v) is 5.62. The molecule has 2 heteroatoms. The van der Waals surface area contributed by atoms with Crippen molar-refractivity contribution >= 4 is 11.8 Å². The molecular weight excluding hydrogens is 214 g/mol. The Hall–Kier alpha value is 0.310. The van der Waals surface area contributed by atoms with Crippen molar-refractivity contribution in [3.63, 3.8) is 0 Å². The second-order valence-electron chi connectivity index (χ2n) is 5.62. The Morgan fingerprint density at radius 3 is 2.75 bits per heavy atom. The molecule has 0 aromatic carbocycles. The Morgan fingerprint density at radius 2 is 2.00 bits per heavy atom. The van der Waals surface area contributed by atoms with Gasteiger partial charge in [-0.05, 0) is 55.6 Å². The van der Waals surface area contributed by atoms with Crippen molar-refractivity contribution in [3.8, 4) is 0 Å². The molecular formula is C14H27NS. The zero-order chi connectivity index (χ0) is 11.2. The summed E-state index contributed by atoms with van der Waals surface area (Å²) in [5.74, 6) is 4.79. The van der Waals surface area contributed by atoms with Crippen LogP contribution in [0.4, 0.5) is 0 Å². The van der Waals surface area contributed by atoms with Gasteiger partial charge >= 0.3 is 0 Å². The molecule has 0 bridgehead atoms. The first-order valence-corrected chi connectivity index (χ1v) is 8.35. The van der Waals surface area contributed by atoms with Gasteiger partial charge in [-0.2, -0.15) is 11.8 Å².